The normalized spacial score (nSPS) is 19.7. The summed E-state index contributed by atoms with van der Waals surface area (Å²) in [7, 11) is 0. The topological polar surface area (TPSA) is 35.7 Å². The van der Waals surface area contributed by atoms with Gasteiger partial charge in [0.1, 0.15) is 17.5 Å². The second-order valence-electron chi connectivity index (χ2n) is 8.19. The van der Waals surface area contributed by atoms with Crippen molar-refractivity contribution in [2.75, 3.05) is 48.3 Å². The minimum Gasteiger partial charge on any atom is -0.397 e. The molecule has 4 rings (SSSR count). The number of nitrogen functional groups attached to an aromatic ring is 1. The predicted octanol–water partition coefficient (Wildman–Crippen LogP) is 4.16. The molecule has 2 aromatic carbocycles. The van der Waals surface area contributed by atoms with Gasteiger partial charge in [-0.25, -0.2) is 13.2 Å². The van der Waals surface area contributed by atoms with E-state index in [2.05, 4.69) is 23.3 Å². The molecule has 0 radical (unpaired) electrons. The van der Waals surface area contributed by atoms with Crippen molar-refractivity contribution in [3.8, 4) is 0 Å². The molecule has 160 valence electrons. The molecule has 2 aromatic rings. The fourth-order valence-electron chi connectivity index (χ4n) is 4.57. The number of halogens is 3. The molecule has 30 heavy (non-hydrogen) atoms. The molecule has 0 aromatic heterocycles. The average molecular weight is 416 g/mol. The van der Waals surface area contributed by atoms with Gasteiger partial charge in [0.25, 0.3) is 0 Å². The summed E-state index contributed by atoms with van der Waals surface area (Å²) >= 11 is 0. The lowest BCUT2D eigenvalue weighted by atomic mass is 9.94. The summed E-state index contributed by atoms with van der Waals surface area (Å²) in [4.78, 5) is 6.34. The Hall–Kier alpha value is -2.67. The molecule has 1 saturated heterocycles. The Morgan fingerprint density at radius 2 is 1.80 bits per heavy atom. The minimum absolute atomic E-state index is 0.229. The van der Waals surface area contributed by atoms with Crippen molar-refractivity contribution in [1.82, 2.24) is 4.90 Å². The van der Waals surface area contributed by atoms with Crippen LogP contribution in [0.2, 0.25) is 0 Å². The summed E-state index contributed by atoms with van der Waals surface area (Å²) in [5, 5.41) is 0. The van der Waals surface area contributed by atoms with Gasteiger partial charge in [-0.05, 0) is 49.6 Å². The smallest absolute Gasteiger partial charge is 0.149 e. The molecule has 2 N–H and O–H groups in total. The van der Waals surface area contributed by atoms with Gasteiger partial charge < -0.3 is 15.5 Å². The largest absolute Gasteiger partial charge is 0.397 e. The summed E-state index contributed by atoms with van der Waals surface area (Å²) in [6.07, 6.45) is 1.71. The Labute approximate surface area is 175 Å². The van der Waals surface area contributed by atoms with E-state index in [1.807, 2.05) is 4.90 Å². The van der Waals surface area contributed by atoms with Crippen LogP contribution in [0.3, 0.4) is 0 Å². The Morgan fingerprint density at radius 1 is 1.07 bits per heavy atom. The highest BCUT2D eigenvalue weighted by molar-refractivity contribution is 5.75. The summed E-state index contributed by atoms with van der Waals surface area (Å²) in [5.74, 6) is -1.41. The summed E-state index contributed by atoms with van der Waals surface area (Å²) in [6, 6.07) is 6.86. The minimum atomic E-state index is -0.568. The second-order valence-corrected chi connectivity index (χ2v) is 8.19. The maximum absolute atomic E-state index is 14.1. The first-order chi connectivity index (χ1) is 14.3. The van der Waals surface area contributed by atoms with Crippen molar-refractivity contribution in [2.45, 2.75) is 25.8 Å². The van der Waals surface area contributed by atoms with E-state index in [1.54, 1.807) is 6.07 Å². The van der Waals surface area contributed by atoms with Crippen LogP contribution in [0, 0.1) is 17.5 Å². The van der Waals surface area contributed by atoms with E-state index in [-0.39, 0.29) is 11.9 Å². The van der Waals surface area contributed by atoms with Crippen LogP contribution in [0.25, 0.3) is 0 Å². The van der Waals surface area contributed by atoms with Crippen LogP contribution < -0.4 is 15.5 Å². The number of rotatable bonds is 4. The van der Waals surface area contributed by atoms with Gasteiger partial charge in [-0.15, -0.1) is 0 Å². The monoisotopic (exact) mass is 416 g/mol. The van der Waals surface area contributed by atoms with Crippen LogP contribution >= 0.6 is 0 Å². The van der Waals surface area contributed by atoms with Crippen molar-refractivity contribution < 1.29 is 13.2 Å². The molecular formula is C23H27F3N4. The van der Waals surface area contributed by atoms with Crippen LogP contribution in [-0.4, -0.2) is 43.7 Å². The molecule has 1 unspecified atom stereocenters. The third kappa shape index (κ3) is 3.99. The van der Waals surface area contributed by atoms with Gasteiger partial charge in [0.05, 0.1) is 17.1 Å². The zero-order valence-electron chi connectivity index (χ0n) is 17.2. The number of hydrogen-bond donors (Lipinski definition) is 1. The van der Waals surface area contributed by atoms with Gasteiger partial charge in [0.2, 0.25) is 0 Å². The highest BCUT2D eigenvalue weighted by atomic mass is 19.1. The van der Waals surface area contributed by atoms with Crippen molar-refractivity contribution in [2.24, 2.45) is 0 Å². The standard InChI is InChI=1S/C23H27F3N4/c1-15-3-4-17-11-19(25)13-21(27)23(17)30(15)16(2)14-28-7-9-29(10-8-28)22-6-5-18(24)12-20(22)26/h5-6,11-13,15H,2-4,7-10,14,27H2,1H3. The van der Waals surface area contributed by atoms with Gasteiger partial charge in [0, 0.05) is 50.5 Å². The van der Waals surface area contributed by atoms with Crippen LogP contribution in [0.15, 0.2) is 42.6 Å². The summed E-state index contributed by atoms with van der Waals surface area (Å²) in [5.41, 5.74) is 9.75. The third-order valence-electron chi connectivity index (χ3n) is 6.07. The van der Waals surface area contributed by atoms with E-state index in [0.717, 1.165) is 48.9 Å². The SMILES string of the molecule is C=C(CN1CCN(c2ccc(F)cc2F)CC1)N1c2c(N)cc(F)cc2CCC1C. The molecule has 0 aliphatic carbocycles. The van der Waals surface area contributed by atoms with Crippen molar-refractivity contribution in [3.63, 3.8) is 0 Å². The number of fused-ring (bicyclic) bond motifs is 1. The number of benzene rings is 2. The number of aryl methyl sites for hydroxylation is 1. The van der Waals surface area contributed by atoms with E-state index in [0.29, 0.717) is 31.0 Å². The lowest BCUT2D eigenvalue weighted by Crippen LogP contribution is -2.49. The van der Waals surface area contributed by atoms with Gasteiger partial charge in [0.15, 0.2) is 0 Å². The number of nitrogens with two attached hydrogens (primary N) is 1. The molecular weight excluding hydrogens is 389 g/mol. The number of hydrogen-bond acceptors (Lipinski definition) is 4. The fourth-order valence-corrected chi connectivity index (χ4v) is 4.57. The highest BCUT2D eigenvalue weighted by Gasteiger charge is 2.29. The van der Waals surface area contributed by atoms with Crippen LogP contribution in [0.4, 0.5) is 30.2 Å². The molecule has 0 saturated carbocycles. The molecule has 2 aliphatic heterocycles. The maximum atomic E-state index is 14.1. The summed E-state index contributed by atoms with van der Waals surface area (Å²) in [6.45, 7) is 9.87. The Morgan fingerprint density at radius 3 is 2.50 bits per heavy atom. The van der Waals surface area contributed by atoms with Crippen molar-refractivity contribution in [3.05, 3.63) is 65.6 Å². The molecule has 7 heteroatoms. The van der Waals surface area contributed by atoms with E-state index < -0.39 is 11.6 Å². The van der Waals surface area contributed by atoms with Crippen LogP contribution in [0.1, 0.15) is 18.9 Å². The zero-order valence-corrected chi connectivity index (χ0v) is 17.2. The molecule has 1 fully saturated rings. The molecule has 2 heterocycles. The van der Waals surface area contributed by atoms with Crippen LogP contribution in [0.5, 0.6) is 0 Å². The van der Waals surface area contributed by atoms with Gasteiger partial charge >= 0.3 is 0 Å². The number of piperazine rings is 1. The van der Waals surface area contributed by atoms with Gasteiger partial charge in [-0.2, -0.15) is 0 Å². The van der Waals surface area contributed by atoms with Crippen molar-refractivity contribution >= 4 is 17.1 Å². The first-order valence-corrected chi connectivity index (χ1v) is 10.3. The van der Waals surface area contributed by atoms with E-state index in [1.165, 1.54) is 18.2 Å². The first-order valence-electron chi connectivity index (χ1n) is 10.3. The molecule has 4 nitrogen and oxygen atoms in total. The second kappa shape index (κ2) is 8.22. The molecule has 0 bridgehead atoms. The lowest BCUT2D eigenvalue weighted by Gasteiger charge is -2.42. The Balaban J connectivity index is 1.43. The average Bonchev–Trinajstić information content (AvgIpc) is 2.69. The van der Waals surface area contributed by atoms with E-state index in [9.17, 15) is 13.2 Å². The van der Waals surface area contributed by atoms with E-state index in [4.69, 9.17) is 5.73 Å². The molecule has 1 atom stereocenters. The quantitative estimate of drug-likeness (QED) is 0.760. The van der Waals surface area contributed by atoms with Gasteiger partial charge in [-0.3, -0.25) is 4.90 Å². The van der Waals surface area contributed by atoms with Gasteiger partial charge in [-0.1, -0.05) is 6.58 Å². The predicted molar refractivity (Wildman–Crippen MR) is 115 cm³/mol. The molecule has 2 aliphatic rings. The fraction of sp³-hybridized carbons (Fsp3) is 0.391. The first kappa shape index (κ1) is 20.6. The third-order valence-corrected chi connectivity index (χ3v) is 6.07. The number of anilines is 3. The summed E-state index contributed by atoms with van der Waals surface area (Å²) < 4.78 is 41.1. The lowest BCUT2D eigenvalue weighted by molar-refractivity contribution is 0.274. The Kier molecular flexibility index (Phi) is 5.64. The van der Waals surface area contributed by atoms with E-state index >= 15 is 0 Å². The Bertz CT molecular complexity index is 954. The van der Waals surface area contributed by atoms with Crippen molar-refractivity contribution in [1.29, 1.82) is 0 Å². The molecule has 0 amide bonds. The highest BCUT2D eigenvalue weighted by Crippen LogP contribution is 2.38. The number of nitrogens with zero attached hydrogens (tertiary/aromatic N) is 3. The zero-order chi connectivity index (χ0) is 21.4. The van der Waals surface area contributed by atoms with Crippen LogP contribution in [-0.2, 0) is 6.42 Å². The molecule has 0 spiro atoms. The maximum Gasteiger partial charge on any atom is 0.149 e.